The summed E-state index contributed by atoms with van der Waals surface area (Å²) in [6, 6.07) is 8.05. The van der Waals surface area contributed by atoms with Crippen molar-refractivity contribution in [1.29, 1.82) is 0 Å². The monoisotopic (exact) mass is 286 g/mol. The molecule has 0 aromatic heterocycles. The maximum atomic E-state index is 11.8. The van der Waals surface area contributed by atoms with Crippen molar-refractivity contribution in [3.8, 4) is 11.8 Å². The average molecular weight is 286 g/mol. The van der Waals surface area contributed by atoms with E-state index in [-0.39, 0.29) is 18.4 Å². The lowest BCUT2D eigenvalue weighted by molar-refractivity contribution is -0.126. The van der Waals surface area contributed by atoms with Gasteiger partial charge >= 0.3 is 0 Å². The Hall–Kier alpha value is -1.83. The molecule has 0 saturated carbocycles. The number of aliphatic hydroxyl groups excluding tert-OH is 1. The van der Waals surface area contributed by atoms with Crippen molar-refractivity contribution in [2.75, 3.05) is 26.7 Å². The van der Waals surface area contributed by atoms with Crippen molar-refractivity contribution in [2.45, 2.75) is 19.4 Å². The molecule has 0 bridgehead atoms. The van der Waals surface area contributed by atoms with E-state index in [1.807, 2.05) is 18.2 Å². The number of nitrogens with zero attached hydrogens (tertiary/aromatic N) is 1. The van der Waals surface area contributed by atoms with Crippen LogP contribution in [0.3, 0.4) is 0 Å². The molecule has 1 saturated heterocycles. The van der Waals surface area contributed by atoms with Crippen molar-refractivity contribution in [2.24, 2.45) is 5.92 Å². The van der Waals surface area contributed by atoms with Crippen LogP contribution in [0.1, 0.15) is 24.0 Å². The predicted octanol–water partition coefficient (Wildman–Crippen LogP) is 0.988. The molecular formula is C17H22N2O2. The summed E-state index contributed by atoms with van der Waals surface area (Å²) < 4.78 is 0. The number of hydrogen-bond acceptors (Lipinski definition) is 3. The Bertz CT molecular complexity index is 545. The Morgan fingerprint density at radius 1 is 1.52 bits per heavy atom. The second-order valence-corrected chi connectivity index (χ2v) is 5.35. The van der Waals surface area contributed by atoms with Crippen molar-refractivity contribution < 1.29 is 9.90 Å². The highest BCUT2D eigenvalue weighted by Gasteiger charge is 2.24. The summed E-state index contributed by atoms with van der Waals surface area (Å²) in [5.74, 6) is 5.83. The fourth-order valence-electron chi connectivity index (χ4n) is 2.76. The molecule has 1 atom stereocenters. The first-order valence-corrected chi connectivity index (χ1v) is 7.35. The van der Waals surface area contributed by atoms with Gasteiger partial charge in [0, 0.05) is 25.7 Å². The van der Waals surface area contributed by atoms with Gasteiger partial charge in [-0.05, 0) is 37.1 Å². The topological polar surface area (TPSA) is 52.6 Å². The number of nitrogens with one attached hydrogen (secondary N) is 1. The lowest BCUT2D eigenvalue weighted by Crippen LogP contribution is -2.41. The largest absolute Gasteiger partial charge is 0.384 e. The maximum Gasteiger partial charge on any atom is 0.224 e. The van der Waals surface area contributed by atoms with Crippen LogP contribution >= 0.6 is 0 Å². The van der Waals surface area contributed by atoms with Crippen LogP contribution in [0, 0.1) is 17.8 Å². The summed E-state index contributed by atoms with van der Waals surface area (Å²) in [6.45, 7) is 2.55. The minimum atomic E-state index is -0.121. The summed E-state index contributed by atoms with van der Waals surface area (Å²) in [7, 11) is 1.70. The van der Waals surface area contributed by atoms with Gasteiger partial charge in [-0.2, -0.15) is 0 Å². The molecule has 21 heavy (non-hydrogen) atoms. The summed E-state index contributed by atoms with van der Waals surface area (Å²) >= 11 is 0. The zero-order valence-corrected chi connectivity index (χ0v) is 12.4. The average Bonchev–Trinajstić information content (AvgIpc) is 2.53. The van der Waals surface area contributed by atoms with Gasteiger partial charge in [-0.15, -0.1) is 0 Å². The zero-order chi connectivity index (χ0) is 15.1. The highest BCUT2D eigenvalue weighted by molar-refractivity contribution is 5.78. The quantitative estimate of drug-likeness (QED) is 0.815. The fourth-order valence-corrected chi connectivity index (χ4v) is 2.76. The van der Waals surface area contributed by atoms with Crippen LogP contribution in [0.2, 0.25) is 0 Å². The number of carbonyl (C=O) groups excluding carboxylic acids is 1. The Morgan fingerprint density at radius 3 is 3.14 bits per heavy atom. The summed E-state index contributed by atoms with van der Waals surface area (Å²) in [5, 5.41) is 11.5. The first-order valence-electron chi connectivity index (χ1n) is 7.35. The molecule has 4 nitrogen and oxygen atoms in total. The van der Waals surface area contributed by atoms with Gasteiger partial charge in [-0.1, -0.05) is 24.0 Å². The maximum absolute atomic E-state index is 11.8. The molecule has 0 spiro atoms. The van der Waals surface area contributed by atoms with Crippen LogP contribution in [0.5, 0.6) is 0 Å². The molecule has 2 N–H and O–H groups in total. The smallest absolute Gasteiger partial charge is 0.224 e. The molecule has 1 heterocycles. The number of amides is 1. The van der Waals surface area contributed by atoms with E-state index in [4.69, 9.17) is 5.11 Å². The van der Waals surface area contributed by atoms with Gasteiger partial charge in [0.15, 0.2) is 0 Å². The molecule has 2 rings (SSSR count). The molecule has 0 radical (unpaired) electrons. The SMILES string of the molecule is CNC(=O)C1CCCN(Cc2cccc(C#CCO)c2)C1. The fraction of sp³-hybridized carbons (Fsp3) is 0.471. The predicted molar refractivity (Wildman–Crippen MR) is 82.5 cm³/mol. The number of benzene rings is 1. The van der Waals surface area contributed by atoms with Crippen molar-refractivity contribution >= 4 is 5.91 Å². The number of likely N-dealkylation sites (tertiary alicyclic amines) is 1. The Morgan fingerprint density at radius 2 is 2.38 bits per heavy atom. The van der Waals surface area contributed by atoms with Gasteiger partial charge in [0.2, 0.25) is 5.91 Å². The summed E-state index contributed by atoms with van der Waals surface area (Å²) in [6.07, 6.45) is 2.03. The third kappa shape index (κ3) is 4.59. The molecular weight excluding hydrogens is 264 g/mol. The molecule has 1 amide bonds. The van der Waals surface area contributed by atoms with Crippen LogP contribution < -0.4 is 5.32 Å². The molecule has 1 aliphatic heterocycles. The normalized spacial score (nSPS) is 18.7. The van der Waals surface area contributed by atoms with Gasteiger partial charge in [0.1, 0.15) is 6.61 Å². The van der Waals surface area contributed by atoms with Crippen LogP contribution in [-0.2, 0) is 11.3 Å². The van der Waals surface area contributed by atoms with Crippen LogP contribution in [0.25, 0.3) is 0 Å². The molecule has 1 unspecified atom stereocenters. The number of hydrogen-bond donors (Lipinski definition) is 2. The second-order valence-electron chi connectivity index (χ2n) is 5.35. The van der Waals surface area contributed by atoms with Crippen LogP contribution in [-0.4, -0.2) is 42.7 Å². The van der Waals surface area contributed by atoms with E-state index in [0.717, 1.165) is 38.0 Å². The van der Waals surface area contributed by atoms with Crippen molar-refractivity contribution in [3.63, 3.8) is 0 Å². The van der Waals surface area contributed by atoms with E-state index < -0.39 is 0 Å². The third-order valence-electron chi connectivity index (χ3n) is 3.77. The van der Waals surface area contributed by atoms with Gasteiger partial charge in [0.05, 0.1) is 5.92 Å². The van der Waals surface area contributed by atoms with Gasteiger partial charge in [-0.3, -0.25) is 9.69 Å². The highest BCUT2D eigenvalue weighted by atomic mass is 16.2. The first kappa shape index (κ1) is 15.6. The molecule has 1 aliphatic rings. The minimum absolute atomic E-state index is 0.0983. The number of carbonyl (C=O) groups is 1. The van der Waals surface area contributed by atoms with Crippen molar-refractivity contribution in [3.05, 3.63) is 35.4 Å². The number of rotatable bonds is 3. The van der Waals surface area contributed by atoms with E-state index >= 15 is 0 Å². The highest BCUT2D eigenvalue weighted by Crippen LogP contribution is 2.19. The second kappa shape index (κ2) is 7.82. The van der Waals surface area contributed by atoms with E-state index in [1.165, 1.54) is 5.56 Å². The number of aliphatic hydroxyl groups is 1. The number of piperidine rings is 1. The van der Waals surface area contributed by atoms with Gasteiger partial charge in [-0.25, -0.2) is 0 Å². The van der Waals surface area contributed by atoms with Crippen LogP contribution in [0.4, 0.5) is 0 Å². The minimum Gasteiger partial charge on any atom is -0.384 e. The molecule has 1 aromatic rings. The van der Waals surface area contributed by atoms with Crippen LogP contribution in [0.15, 0.2) is 24.3 Å². The lowest BCUT2D eigenvalue weighted by Gasteiger charge is -2.31. The lowest BCUT2D eigenvalue weighted by atomic mass is 9.96. The standard InChI is InChI=1S/C17H22N2O2/c1-18-17(21)16-8-3-9-19(13-16)12-15-6-2-5-14(11-15)7-4-10-20/h2,5-6,11,16,20H,3,8-10,12-13H2,1H3,(H,18,21). The Balaban J connectivity index is 1.99. The Labute approximate surface area is 126 Å². The summed E-state index contributed by atoms with van der Waals surface area (Å²) in [5.41, 5.74) is 2.11. The molecule has 1 aromatic carbocycles. The van der Waals surface area contributed by atoms with E-state index in [9.17, 15) is 4.79 Å². The molecule has 0 aliphatic carbocycles. The van der Waals surface area contributed by atoms with E-state index in [0.29, 0.717) is 0 Å². The molecule has 112 valence electrons. The molecule has 1 fully saturated rings. The zero-order valence-electron chi connectivity index (χ0n) is 12.4. The molecule has 4 heteroatoms. The third-order valence-corrected chi connectivity index (χ3v) is 3.77. The van der Waals surface area contributed by atoms with Crippen molar-refractivity contribution in [1.82, 2.24) is 10.2 Å². The van der Waals surface area contributed by atoms with Gasteiger partial charge in [0.25, 0.3) is 0 Å². The Kier molecular flexibility index (Phi) is 5.79. The van der Waals surface area contributed by atoms with E-state index in [2.05, 4.69) is 28.1 Å². The van der Waals surface area contributed by atoms with Gasteiger partial charge < -0.3 is 10.4 Å². The summed E-state index contributed by atoms with van der Waals surface area (Å²) in [4.78, 5) is 14.1. The van der Waals surface area contributed by atoms with E-state index in [1.54, 1.807) is 7.05 Å². The first-order chi connectivity index (χ1) is 10.2.